The van der Waals surface area contributed by atoms with E-state index in [1.165, 1.54) is 5.56 Å². The Morgan fingerprint density at radius 2 is 1.91 bits per heavy atom. The van der Waals surface area contributed by atoms with E-state index in [1.807, 2.05) is 39.0 Å². The van der Waals surface area contributed by atoms with Crippen molar-refractivity contribution in [1.82, 2.24) is 9.97 Å². The van der Waals surface area contributed by atoms with Crippen LogP contribution >= 0.6 is 0 Å². The number of hydrogen-bond acceptors (Lipinski definition) is 4. The number of aryl methyl sites for hydroxylation is 3. The van der Waals surface area contributed by atoms with Gasteiger partial charge in [0, 0.05) is 17.9 Å². The molecule has 5 heteroatoms. The summed E-state index contributed by atoms with van der Waals surface area (Å²) in [5, 5.41) is 6.08. The van der Waals surface area contributed by atoms with Gasteiger partial charge in [0.15, 0.2) is 0 Å². The Hall–Kier alpha value is -2.43. The van der Waals surface area contributed by atoms with E-state index in [0.29, 0.717) is 11.6 Å². The van der Waals surface area contributed by atoms with E-state index in [-0.39, 0.29) is 5.91 Å². The summed E-state index contributed by atoms with van der Waals surface area (Å²) in [5.74, 6) is 0.283. The number of carbonyl (C=O) groups excluding carboxylic acids is 1. The summed E-state index contributed by atoms with van der Waals surface area (Å²) >= 11 is 0. The molecule has 2 N–H and O–H groups in total. The Morgan fingerprint density at radius 1 is 1.13 bits per heavy atom. The Labute approximate surface area is 137 Å². The minimum atomic E-state index is -0.221. The predicted octanol–water partition coefficient (Wildman–Crippen LogP) is 3.87. The molecule has 0 spiro atoms. The summed E-state index contributed by atoms with van der Waals surface area (Å²) in [5.41, 5.74) is 4.14. The first-order chi connectivity index (χ1) is 11.0. The number of aromatic nitrogens is 2. The summed E-state index contributed by atoms with van der Waals surface area (Å²) in [6, 6.07) is 7.63. The van der Waals surface area contributed by atoms with Crippen molar-refractivity contribution in [3.05, 3.63) is 46.8 Å². The van der Waals surface area contributed by atoms with Crippen LogP contribution in [-0.4, -0.2) is 22.4 Å². The second-order valence-corrected chi connectivity index (χ2v) is 5.77. The van der Waals surface area contributed by atoms with Crippen LogP contribution in [0.25, 0.3) is 0 Å². The zero-order valence-electron chi connectivity index (χ0n) is 14.2. The fraction of sp³-hybridized carbons (Fsp3) is 0.389. The molecular weight excluding hydrogens is 288 g/mol. The second-order valence-electron chi connectivity index (χ2n) is 5.77. The first-order valence-electron chi connectivity index (χ1n) is 7.97. The molecule has 0 aliphatic rings. The molecular formula is C18H24N4O. The van der Waals surface area contributed by atoms with Gasteiger partial charge < -0.3 is 10.6 Å². The first-order valence-corrected chi connectivity index (χ1v) is 7.97. The Balaban J connectivity index is 2.15. The lowest BCUT2D eigenvalue weighted by Gasteiger charge is -2.10. The molecule has 1 aromatic heterocycles. The van der Waals surface area contributed by atoms with Crippen LogP contribution in [-0.2, 0) is 0 Å². The number of hydrogen-bond donors (Lipinski definition) is 2. The van der Waals surface area contributed by atoms with E-state index in [2.05, 4.69) is 27.5 Å². The standard InChI is InChI=1S/C18H24N4O/c1-5-6-9-19-18-20-14(4)11-16(22-18)17(23)21-15-8-7-12(2)10-13(15)3/h7-8,10-11H,5-6,9H2,1-4H3,(H,21,23)(H,19,20,22). The topological polar surface area (TPSA) is 66.9 Å². The van der Waals surface area contributed by atoms with Crippen molar-refractivity contribution in [3.63, 3.8) is 0 Å². The fourth-order valence-electron chi connectivity index (χ4n) is 2.28. The van der Waals surface area contributed by atoms with Gasteiger partial charge in [-0.2, -0.15) is 0 Å². The Bertz CT molecular complexity index is 697. The Morgan fingerprint density at radius 3 is 2.61 bits per heavy atom. The van der Waals surface area contributed by atoms with Crippen LogP contribution in [0.1, 0.15) is 47.1 Å². The molecule has 0 saturated heterocycles. The van der Waals surface area contributed by atoms with Gasteiger partial charge in [-0.3, -0.25) is 4.79 Å². The van der Waals surface area contributed by atoms with Gasteiger partial charge in [-0.1, -0.05) is 31.0 Å². The molecule has 0 aliphatic carbocycles. The van der Waals surface area contributed by atoms with Crippen LogP contribution in [0.2, 0.25) is 0 Å². The minimum absolute atomic E-state index is 0.221. The molecule has 5 nitrogen and oxygen atoms in total. The second kappa shape index (κ2) is 7.72. The molecule has 1 heterocycles. The van der Waals surface area contributed by atoms with E-state index in [1.54, 1.807) is 6.07 Å². The van der Waals surface area contributed by atoms with Crippen molar-refractivity contribution in [2.24, 2.45) is 0 Å². The number of amides is 1. The van der Waals surface area contributed by atoms with Crippen molar-refractivity contribution in [2.45, 2.75) is 40.5 Å². The minimum Gasteiger partial charge on any atom is -0.354 e. The van der Waals surface area contributed by atoms with E-state index >= 15 is 0 Å². The fourth-order valence-corrected chi connectivity index (χ4v) is 2.28. The highest BCUT2D eigenvalue weighted by atomic mass is 16.1. The van der Waals surface area contributed by atoms with Crippen LogP contribution in [0, 0.1) is 20.8 Å². The van der Waals surface area contributed by atoms with Gasteiger partial charge in [-0.05, 0) is 44.9 Å². The first kappa shape index (κ1) is 16.9. The number of benzene rings is 1. The number of anilines is 2. The normalized spacial score (nSPS) is 10.4. The average molecular weight is 312 g/mol. The monoisotopic (exact) mass is 312 g/mol. The molecule has 1 amide bonds. The molecule has 1 aromatic carbocycles. The third kappa shape index (κ3) is 4.77. The highest BCUT2D eigenvalue weighted by Crippen LogP contribution is 2.17. The average Bonchev–Trinajstić information content (AvgIpc) is 2.50. The van der Waals surface area contributed by atoms with E-state index in [9.17, 15) is 4.79 Å². The summed E-state index contributed by atoms with van der Waals surface area (Å²) in [6.07, 6.45) is 2.14. The molecule has 0 saturated carbocycles. The maximum atomic E-state index is 12.5. The predicted molar refractivity (Wildman–Crippen MR) is 94.0 cm³/mol. The van der Waals surface area contributed by atoms with Crippen molar-refractivity contribution in [2.75, 3.05) is 17.2 Å². The van der Waals surface area contributed by atoms with Gasteiger partial charge in [0.1, 0.15) is 5.69 Å². The number of unbranched alkanes of at least 4 members (excludes halogenated alkanes) is 1. The molecule has 0 radical (unpaired) electrons. The lowest BCUT2D eigenvalue weighted by Crippen LogP contribution is -2.17. The summed E-state index contributed by atoms with van der Waals surface area (Å²) in [7, 11) is 0. The molecule has 122 valence electrons. The molecule has 2 aromatic rings. The van der Waals surface area contributed by atoms with Crippen molar-refractivity contribution in [3.8, 4) is 0 Å². The third-order valence-corrected chi connectivity index (χ3v) is 3.53. The van der Waals surface area contributed by atoms with Crippen molar-refractivity contribution >= 4 is 17.5 Å². The van der Waals surface area contributed by atoms with Crippen LogP contribution in [0.3, 0.4) is 0 Å². The molecule has 0 aliphatic heterocycles. The largest absolute Gasteiger partial charge is 0.354 e. The van der Waals surface area contributed by atoms with E-state index in [0.717, 1.165) is 36.3 Å². The SMILES string of the molecule is CCCCNc1nc(C)cc(C(=O)Nc2ccc(C)cc2C)n1. The lowest BCUT2D eigenvalue weighted by molar-refractivity contribution is 0.102. The summed E-state index contributed by atoms with van der Waals surface area (Å²) in [6.45, 7) is 8.80. The van der Waals surface area contributed by atoms with E-state index in [4.69, 9.17) is 0 Å². The van der Waals surface area contributed by atoms with Gasteiger partial charge >= 0.3 is 0 Å². The van der Waals surface area contributed by atoms with Gasteiger partial charge in [0.25, 0.3) is 5.91 Å². The highest BCUT2D eigenvalue weighted by Gasteiger charge is 2.12. The zero-order chi connectivity index (χ0) is 16.8. The van der Waals surface area contributed by atoms with Crippen LogP contribution < -0.4 is 10.6 Å². The molecule has 0 bridgehead atoms. The molecule has 0 atom stereocenters. The molecule has 0 fully saturated rings. The Kier molecular flexibility index (Phi) is 5.68. The lowest BCUT2D eigenvalue weighted by atomic mass is 10.1. The maximum absolute atomic E-state index is 12.5. The zero-order valence-corrected chi connectivity index (χ0v) is 14.2. The quantitative estimate of drug-likeness (QED) is 0.795. The van der Waals surface area contributed by atoms with Crippen LogP contribution in [0.4, 0.5) is 11.6 Å². The van der Waals surface area contributed by atoms with Gasteiger partial charge in [0.2, 0.25) is 5.95 Å². The maximum Gasteiger partial charge on any atom is 0.274 e. The van der Waals surface area contributed by atoms with Gasteiger partial charge in [-0.25, -0.2) is 9.97 Å². The number of nitrogens with zero attached hydrogens (tertiary/aromatic N) is 2. The number of rotatable bonds is 6. The molecule has 23 heavy (non-hydrogen) atoms. The van der Waals surface area contributed by atoms with E-state index < -0.39 is 0 Å². The highest BCUT2D eigenvalue weighted by molar-refractivity contribution is 6.03. The van der Waals surface area contributed by atoms with Gasteiger partial charge in [-0.15, -0.1) is 0 Å². The van der Waals surface area contributed by atoms with Crippen molar-refractivity contribution < 1.29 is 4.79 Å². The summed E-state index contributed by atoms with van der Waals surface area (Å²) in [4.78, 5) is 21.1. The van der Waals surface area contributed by atoms with Crippen LogP contribution in [0.5, 0.6) is 0 Å². The van der Waals surface area contributed by atoms with Gasteiger partial charge in [0.05, 0.1) is 0 Å². The number of nitrogens with one attached hydrogen (secondary N) is 2. The van der Waals surface area contributed by atoms with Crippen molar-refractivity contribution in [1.29, 1.82) is 0 Å². The van der Waals surface area contributed by atoms with Crippen LogP contribution in [0.15, 0.2) is 24.3 Å². The number of carbonyl (C=O) groups is 1. The third-order valence-electron chi connectivity index (χ3n) is 3.53. The summed E-state index contributed by atoms with van der Waals surface area (Å²) < 4.78 is 0. The molecule has 2 rings (SSSR count). The smallest absolute Gasteiger partial charge is 0.274 e. The molecule has 0 unspecified atom stereocenters.